The number of alkyl halides is 3. The Bertz CT molecular complexity index is 362. The van der Waals surface area contributed by atoms with E-state index in [1.165, 1.54) is 12.1 Å². The third-order valence-corrected chi connectivity index (χ3v) is 2.21. The lowest BCUT2D eigenvalue weighted by Gasteiger charge is -2.18. The van der Waals surface area contributed by atoms with Crippen molar-refractivity contribution in [1.29, 1.82) is 0 Å². The van der Waals surface area contributed by atoms with Crippen LogP contribution in [0.1, 0.15) is 23.6 Å². The maximum Gasteiger partial charge on any atom is 0.419 e. The Balaban J connectivity index is 3.23. The molecule has 0 saturated carbocycles. The molecule has 0 unspecified atom stereocenters. The molecule has 0 aromatic heterocycles. The fraction of sp³-hybridized carbons (Fsp3) is 0.400. The molecule has 1 aromatic rings. The molecule has 2 nitrogen and oxygen atoms in total. The number of benzene rings is 1. The first-order valence-corrected chi connectivity index (χ1v) is 4.69. The zero-order valence-electron chi connectivity index (χ0n) is 8.39. The molecule has 0 heterocycles. The van der Waals surface area contributed by atoms with Crippen LogP contribution < -0.4 is 11.5 Å². The fourth-order valence-corrected chi connectivity index (χ4v) is 1.48. The number of hydrogen-bond acceptors (Lipinski definition) is 2. The molecule has 0 bridgehead atoms. The molecule has 0 amide bonds. The van der Waals surface area contributed by atoms with Crippen LogP contribution in [0, 0.1) is 5.82 Å². The minimum atomic E-state index is -4.74. The van der Waals surface area contributed by atoms with Crippen molar-refractivity contribution in [2.45, 2.75) is 18.6 Å². The quantitative estimate of drug-likeness (QED) is 0.790. The van der Waals surface area contributed by atoms with E-state index in [2.05, 4.69) is 0 Å². The molecule has 0 fully saturated rings. The van der Waals surface area contributed by atoms with Crippen LogP contribution >= 0.6 is 0 Å². The van der Waals surface area contributed by atoms with Gasteiger partial charge in [-0.1, -0.05) is 12.1 Å². The lowest BCUT2D eigenvalue weighted by atomic mass is 9.98. The highest BCUT2D eigenvalue weighted by molar-refractivity contribution is 5.33. The molecule has 0 radical (unpaired) electrons. The van der Waals surface area contributed by atoms with Gasteiger partial charge in [-0.05, 0) is 24.6 Å². The maximum absolute atomic E-state index is 13.1. The first kappa shape index (κ1) is 12.9. The van der Waals surface area contributed by atoms with Crippen LogP contribution in [0.4, 0.5) is 17.6 Å². The minimum absolute atomic E-state index is 0.148. The van der Waals surface area contributed by atoms with Crippen molar-refractivity contribution in [1.82, 2.24) is 0 Å². The summed E-state index contributed by atoms with van der Waals surface area (Å²) in [5.41, 5.74) is 9.19. The molecule has 0 saturated heterocycles. The second-order valence-electron chi connectivity index (χ2n) is 3.39. The van der Waals surface area contributed by atoms with Crippen molar-refractivity contribution < 1.29 is 17.6 Å². The van der Waals surface area contributed by atoms with E-state index in [4.69, 9.17) is 11.5 Å². The molecule has 6 heteroatoms. The van der Waals surface area contributed by atoms with Crippen LogP contribution in [0.3, 0.4) is 0 Å². The monoisotopic (exact) mass is 236 g/mol. The van der Waals surface area contributed by atoms with E-state index in [1.54, 1.807) is 0 Å². The van der Waals surface area contributed by atoms with Crippen molar-refractivity contribution in [2.75, 3.05) is 6.54 Å². The van der Waals surface area contributed by atoms with Crippen LogP contribution in [-0.4, -0.2) is 6.54 Å². The van der Waals surface area contributed by atoms with Crippen molar-refractivity contribution in [3.05, 3.63) is 35.1 Å². The van der Waals surface area contributed by atoms with Gasteiger partial charge in [0.1, 0.15) is 5.82 Å². The summed E-state index contributed by atoms with van der Waals surface area (Å²) in [4.78, 5) is 0. The van der Waals surface area contributed by atoms with Gasteiger partial charge in [0.25, 0.3) is 0 Å². The molecule has 0 aliphatic heterocycles. The van der Waals surface area contributed by atoms with Crippen LogP contribution in [0.25, 0.3) is 0 Å². The fourth-order valence-electron chi connectivity index (χ4n) is 1.48. The van der Waals surface area contributed by atoms with Crippen LogP contribution in [0.5, 0.6) is 0 Å². The van der Waals surface area contributed by atoms with Gasteiger partial charge in [-0.25, -0.2) is 4.39 Å². The molecular formula is C10H12F4N2. The highest BCUT2D eigenvalue weighted by atomic mass is 19.4. The molecule has 0 aliphatic rings. The summed E-state index contributed by atoms with van der Waals surface area (Å²) >= 11 is 0. The summed E-state index contributed by atoms with van der Waals surface area (Å²) in [6, 6.07) is 2.24. The average molecular weight is 236 g/mol. The summed E-state index contributed by atoms with van der Waals surface area (Å²) in [5, 5.41) is 0. The average Bonchev–Trinajstić information content (AvgIpc) is 2.15. The molecule has 1 aromatic carbocycles. The van der Waals surface area contributed by atoms with E-state index in [1.807, 2.05) is 0 Å². The predicted octanol–water partition coefficient (Wildman–Crippen LogP) is 2.19. The Morgan fingerprint density at radius 3 is 2.38 bits per heavy atom. The molecule has 16 heavy (non-hydrogen) atoms. The normalized spacial score (nSPS) is 13.9. The predicted molar refractivity (Wildman–Crippen MR) is 52.0 cm³/mol. The van der Waals surface area contributed by atoms with E-state index in [0.717, 1.165) is 6.07 Å². The largest absolute Gasteiger partial charge is 0.419 e. The van der Waals surface area contributed by atoms with Gasteiger partial charge in [0.2, 0.25) is 0 Å². The molecule has 1 rings (SSSR count). The topological polar surface area (TPSA) is 52.0 Å². The number of rotatable bonds is 3. The second-order valence-corrected chi connectivity index (χ2v) is 3.39. The lowest BCUT2D eigenvalue weighted by Crippen LogP contribution is -2.21. The van der Waals surface area contributed by atoms with Gasteiger partial charge in [0.15, 0.2) is 0 Å². The highest BCUT2D eigenvalue weighted by Crippen LogP contribution is 2.36. The SMILES string of the molecule is NCC[C@@H](N)c1cccc(F)c1C(F)(F)F. The smallest absolute Gasteiger partial charge is 0.330 e. The van der Waals surface area contributed by atoms with E-state index in [-0.39, 0.29) is 18.5 Å². The van der Waals surface area contributed by atoms with Gasteiger partial charge >= 0.3 is 6.18 Å². The summed E-state index contributed by atoms with van der Waals surface area (Å²) in [6.45, 7) is 0.148. The summed E-state index contributed by atoms with van der Waals surface area (Å²) < 4.78 is 50.9. The molecule has 90 valence electrons. The van der Waals surface area contributed by atoms with Crippen molar-refractivity contribution in [2.24, 2.45) is 11.5 Å². The third kappa shape index (κ3) is 2.70. The molecule has 0 spiro atoms. The molecule has 4 N–H and O–H groups in total. The lowest BCUT2D eigenvalue weighted by molar-refractivity contribution is -0.140. The van der Waals surface area contributed by atoms with Gasteiger partial charge in [0, 0.05) is 6.04 Å². The Morgan fingerprint density at radius 2 is 1.88 bits per heavy atom. The Hall–Kier alpha value is -1.14. The zero-order valence-corrected chi connectivity index (χ0v) is 8.39. The number of halogens is 4. The van der Waals surface area contributed by atoms with Gasteiger partial charge in [0.05, 0.1) is 5.56 Å². The van der Waals surface area contributed by atoms with E-state index < -0.39 is 23.6 Å². The first-order chi connectivity index (χ1) is 7.38. The first-order valence-electron chi connectivity index (χ1n) is 4.69. The highest BCUT2D eigenvalue weighted by Gasteiger charge is 2.37. The van der Waals surface area contributed by atoms with Gasteiger partial charge < -0.3 is 11.5 Å². The Labute approximate surface area is 90.2 Å². The van der Waals surface area contributed by atoms with Gasteiger partial charge in [-0.2, -0.15) is 13.2 Å². The number of nitrogens with two attached hydrogens (primary N) is 2. The second kappa shape index (κ2) is 4.80. The molecular weight excluding hydrogens is 224 g/mol. The standard InChI is InChI=1S/C10H12F4N2/c11-7-3-1-2-6(8(16)4-5-15)9(7)10(12,13)14/h1-3,8H,4-5,15-16H2/t8-/m1/s1. The third-order valence-electron chi connectivity index (χ3n) is 2.21. The Morgan fingerprint density at radius 1 is 1.25 bits per heavy atom. The zero-order chi connectivity index (χ0) is 12.3. The Kier molecular flexibility index (Phi) is 3.88. The molecule has 1 atom stereocenters. The van der Waals surface area contributed by atoms with E-state index in [9.17, 15) is 17.6 Å². The number of hydrogen-bond donors (Lipinski definition) is 2. The van der Waals surface area contributed by atoms with Crippen molar-refractivity contribution >= 4 is 0 Å². The van der Waals surface area contributed by atoms with Gasteiger partial charge in [-0.3, -0.25) is 0 Å². The molecule has 0 aliphatic carbocycles. The summed E-state index contributed by atoms with van der Waals surface area (Å²) in [5.74, 6) is -1.31. The maximum atomic E-state index is 13.1. The minimum Gasteiger partial charge on any atom is -0.330 e. The summed E-state index contributed by atoms with van der Waals surface area (Å²) in [7, 11) is 0. The van der Waals surface area contributed by atoms with E-state index in [0.29, 0.717) is 0 Å². The van der Waals surface area contributed by atoms with Crippen LogP contribution in [0.15, 0.2) is 18.2 Å². The van der Waals surface area contributed by atoms with Gasteiger partial charge in [-0.15, -0.1) is 0 Å². The van der Waals surface area contributed by atoms with Crippen LogP contribution in [-0.2, 0) is 6.18 Å². The summed E-state index contributed by atoms with van der Waals surface area (Å²) in [6.07, 6.45) is -4.57. The van der Waals surface area contributed by atoms with Crippen molar-refractivity contribution in [3.63, 3.8) is 0 Å². The van der Waals surface area contributed by atoms with E-state index >= 15 is 0 Å². The van der Waals surface area contributed by atoms with Crippen LogP contribution in [0.2, 0.25) is 0 Å². The van der Waals surface area contributed by atoms with Crippen molar-refractivity contribution in [3.8, 4) is 0 Å².